The highest BCUT2D eigenvalue weighted by Gasteiger charge is 2.08. The fourth-order valence-corrected chi connectivity index (χ4v) is 4.04. The van der Waals surface area contributed by atoms with Gasteiger partial charge in [-0.15, -0.1) is 0 Å². The zero-order chi connectivity index (χ0) is 24.5. The molecule has 0 bridgehead atoms. The molecule has 0 fully saturated rings. The first-order chi connectivity index (χ1) is 16.3. The van der Waals surface area contributed by atoms with Crippen molar-refractivity contribution in [3.63, 3.8) is 0 Å². The number of thiocarbonyl (C=S) groups is 1. The number of thioether (sulfide) groups is 1. The van der Waals surface area contributed by atoms with Gasteiger partial charge in [0.2, 0.25) is 11.9 Å². The Hall–Kier alpha value is -3.31. The Morgan fingerprint density at radius 1 is 1.12 bits per heavy atom. The summed E-state index contributed by atoms with van der Waals surface area (Å²) in [4.78, 5) is 32.4. The molecule has 34 heavy (non-hydrogen) atoms. The van der Waals surface area contributed by atoms with Crippen LogP contribution in [0.3, 0.4) is 0 Å². The van der Waals surface area contributed by atoms with Crippen LogP contribution in [-0.2, 0) is 5.75 Å². The first-order valence-corrected chi connectivity index (χ1v) is 12.3. The smallest absolute Gasteiger partial charge is 0.229 e. The molecule has 9 nitrogen and oxygen atoms in total. The third-order valence-corrected chi connectivity index (χ3v) is 5.83. The van der Waals surface area contributed by atoms with Gasteiger partial charge in [-0.25, -0.2) is 15.0 Å². The van der Waals surface area contributed by atoms with E-state index in [0.717, 1.165) is 40.0 Å². The van der Waals surface area contributed by atoms with Gasteiger partial charge in [0.15, 0.2) is 10.9 Å². The number of hydrogen-bond donors (Lipinski definition) is 4. The van der Waals surface area contributed by atoms with E-state index in [2.05, 4.69) is 40.9 Å². The number of carbonyl (C=O) groups excluding carboxylic acids is 1. The van der Waals surface area contributed by atoms with E-state index in [1.54, 1.807) is 42.4 Å². The number of H-pyrrole nitrogens is 1. The number of carbonyl (C=O) groups is 1. The maximum Gasteiger partial charge on any atom is 0.229 e. The van der Waals surface area contributed by atoms with E-state index in [1.165, 1.54) is 6.92 Å². The Morgan fingerprint density at radius 2 is 1.82 bits per heavy atom. The summed E-state index contributed by atoms with van der Waals surface area (Å²) < 4.78 is 0. The standard InChI is InChI=1S/C23H28N8OS2/c1-14-11-15(2)28-22(27-14)30-21(24-9-10-34-12-20-16(3)25-13-26-20)31-23(33)29-19-7-5-18(6-8-19)17(4)32/h5-8,11,13H,9-10,12H2,1-4H3,(H,25,26)(H3,24,27,28,29,30,31,33). The average Bonchev–Trinajstić information content (AvgIpc) is 3.17. The number of anilines is 2. The molecule has 0 amide bonds. The molecule has 0 atom stereocenters. The van der Waals surface area contributed by atoms with E-state index in [0.29, 0.717) is 29.1 Å². The van der Waals surface area contributed by atoms with Crippen LogP contribution in [0.25, 0.3) is 0 Å². The molecule has 0 radical (unpaired) electrons. The van der Waals surface area contributed by atoms with Gasteiger partial charge in [0.05, 0.1) is 18.6 Å². The van der Waals surface area contributed by atoms with Crippen molar-refractivity contribution in [1.82, 2.24) is 25.3 Å². The minimum Gasteiger partial charge on any atom is -0.348 e. The SMILES string of the molecule is CC(=O)c1ccc(NC(=S)NC(=NCCSCc2nc[nH]c2C)Nc2nc(C)cc(C)n2)cc1. The molecule has 0 saturated heterocycles. The van der Waals surface area contributed by atoms with E-state index in [4.69, 9.17) is 12.2 Å². The van der Waals surface area contributed by atoms with Crippen LogP contribution in [0.4, 0.5) is 11.6 Å². The average molecular weight is 497 g/mol. The molecule has 0 aliphatic heterocycles. The Balaban J connectivity index is 1.63. The minimum absolute atomic E-state index is 0.0136. The van der Waals surface area contributed by atoms with E-state index < -0.39 is 0 Å². The van der Waals surface area contributed by atoms with Crippen molar-refractivity contribution in [1.29, 1.82) is 0 Å². The minimum atomic E-state index is 0.0136. The molecule has 3 rings (SSSR count). The number of Topliss-reactive ketones (excluding diaryl/α,β-unsaturated/α-hetero) is 1. The molecule has 2 heterocycles. The van der Waals surface area contributed by atoms with Gasteiger partial charge in [0.1, 0.15) is 0 Å². The molecule has 1 aromatic carbocycles. The van der Waals surface area contributed by atoms with Gasteiger partial charge in [-0.2, -0.15) is 11.8 Å². The molecule has 0 aliphatic rings. The van der Waals surface area contributed by atoms with Crippen LogP contribution < -0.4 is 16.0 Å². The number of aliphatic imine (C=N–C) groups is 1. The number of nitrogens with zero attached hydrogens (tertiary/aromatic N) is 4. The van der Waals surface area contributed by atoms with Crippen LogP contribution >= 0.6 is 24.0 Å². The van der Waals surface area contributed by atoms with E-state index in [-0.39, 0.29) is 5.78 Å². The summed E-state index contributed by atoms with van der Waals surface area (Å²) in [6, 6.07) is 9.01. The molecule has 11 heteroatoms. The summed E-state index contributed by atoms with van der Waals surface area (Å²) in [5.41, 5.74) is 5.24. The van der Waals surface area contributed by atoms with Crippen molar-refractivity contribution in [3.05, 3.63) is 65.0 Å². The monoisotopic (exact) mass is 496 g/mol. The lowest BCUT2D eigenvalue weighted by molar-refractivity contribution is 0.101. The van der Waals surface area contributed by atoms with Crippen LogP contribution in [0.15, 0.2) is 41.7 Å². The first-order valence-electron chi connectivity index (χ1n) is 10.7. The lowest BCUT2D eigenvalue weighted by Crippen LogP contribution is -2.39. The molecule has 178 valence electrons. The number of hydrogen-bond acceptors (Lipinski definition) is 7. The largest absolute Gasteiger partial charge is 0.348 e. The Bertz CT molecular complexity index is 1150. The summed E-state index contributed by atoms with van der Waals surface area (Å²) >= 11 is 7.22. The van der Waals surface area contributed by atoms with Crippen LogP contribution in [0.2, 0.25) is 0 Å². The number of aromatic amines is 1. The van der Waals surface area contributed by atoms with Gasteiger partial charge in [-0.05, 0) is 70.2 Å². The molecule has 0 saturated carbocycles. The van der Waals surface area contributed by atoms with Gasteiger partial charge >= 0.3 is 0 Å². The number of ketones is 1. The number of aryl methyl sites for hydroxylation is 3. The molecule has 0 aliphatic carbocycles. The summed E-state index contributed by atoms with van der Waals surface area (Å²) in [5, 5.41) is 9.68. The van der Waals surface area contributed by atoms with Crippen LogP contribution in [-0.4, -0.2) is 49.1 Å². The predicted octanol–water partition coefficient (Wildman–Crippen LogP) is 4.02. The molecular weight excluding hydrogens is 468 g/mol. The number of rotatable bonds is 8. The van der Waals surface area contributed by atoms with Crippen LogP contribution in [0.1, 0.15) is 40.1 Å². The van der Waals surface area contributed by atoms with E-state index >= 15 is 0 Å². The predicted molar refractivity (Wildman–Crippen MR) is 143 cm³/mol. The fourth-order valence-electron chi connectivity index (χ4n) is 2.98. The van der Waals surface area contributed by atoms with Crippen molar-refractivity contribution in [3.8, 4) is 0 Å². The highest BCUT2D eigenvalue weighted by molar-refractivity contribution is 7.98. The van der Waals surface area contributed by atoms with Crippen molar-refractivity contribution < 1.29 is 4.79 Å². The first kappa shape index (κ1) is 25.3. The van der Waals surface area contributed by atoms with Gasteiger partial charge in [-0.3, -0.25) is 15.1 Å². The van der Waals surface area contributed by atoms with Crippen molar-refractivity contribution in [2.75, 3.05) is 22.9 Å². The summed E-state index contributed by atoms with van der Waals surface area (Å²) in [6.45, 7) is 7.93. The second-order valence-corrected chi connectivity index (χ2v) is 9.08. The fraction of sp³-hybridized carbons (Fsp3) is 0.304. The molecule has 3 aromatic rings. The molecule has 2 aromatic heterocycles. The highest BCUT2D eigenvalue weighted by atomic mass is 32.2. The third kappa shape index (κ3) is 7.92. The Kier molecular flexibility index (Phi) is 9.11. The molecular formula is C23H28N8OS2. The van der Waals surface area contributed by atoms with Gasteiger partial charge in [-0.1, -0.05) is 0 Å². The number of nitrogens with one attached hydrogen (secondary N) is 4. The Morgan fingerprint density at radius 3 is 2.44 bits per heavy atom. The van der Waals surface area contributed by atoms with E-state index in [9.17, 15) is 4.79 Å². The normalized spacial score (nSPS) is 11.2. The van der Waals surface area contributed by atoms with Crippen LogP contribution in [0, 0.1) is 20.8 Å². The summed E-state index contributed by atoms with van der Waals surface area (Å²) in [5.74, 6) is 2.52. The summed E-state index contributed by atoms with van der Waals surface area (Å²) in [6.07, 6.45) is 1.71. The molecule has 0 unspecified atom stereocenters. The highest BCUT2D eigenvalue weighted by Crippen LogP contribution is 2.13. The maximum absolute atomic E-state index is 11.5. The van der Waals surface area contributed by atoms with Crippen molar-refractivity contribution in [2.45, 2.75) is 33.4 Å². The van der Waals surface area contributed by atoms with Crippen LogP contribution in [0.5, 0.6) is 0 Å². The van der Waals surface area contributed by atoms with Crippen molar-refractivity contribution in [2.24, 2.45) is 4.99 Å². The quantitative estimate of drug-likeness (QED) is 0.120. The zero-order valence-corrected chi connectivity index (χ0v) is 21.2. The lowest BCUT2D eigenvalue weighted by atomic mass is 10.1. The Labute approximate surface area is 208 Å². The van der Waals surface area contributed by atoms with Gasteiger partial charge < -0.3 is 15.6 Å². The maximum atomic E-state index is 11.5. The number of guanidine groups is 1. The van der Waals surface area contributed by atoms with Gasteiger partial charge in [0, 0.05) is 39.8 Å². The molecule has 0 spiro atoms. The summed E-state index contributed by atoms with van der Waals surface area (Å²) in [7, 11) is 0. The number of aromatic nitrogens is 4. The second-order valence-electron chi connectivity index (χ2n) is 7.57. The zero-order valence-electron chi connectivity index (χ0n) is 19.6. The van der Waals surface area contributed by atoms with Gasteiger partial charge in [0.25, 0.3) is 0 Å². The number of imidazole rings is 1. The lowest BCUT2D eigenvalue weighted by Gasteiger charge is -2.14. The van der Waals surface area contributed by atoms with Crippen molar-refractivity contribution >= 4 is 52.5 Å². The van der Waals surface area contributed by atoms with E-state index in [1.807, 2.05) is 26.8 Å². The molecule has 4 N–H and O–H groups in total. The topological polar surface area (TPSA) is 120 Å². The third-order valence-electron chi connectivity index (χ3n) is 4.67. The second kappa shape index (κ2) is 12.2. The number of benzene rings is 1.